The Morgan fingerprint density at radius 1 is 0.393 bits per heavy atom. The van der Waals surface area contributed by atoms with E-state index in [0.29, 0.717) is 12.8 Å². The highest BCUT2D eigenvalue weighted by Gasteiger charge is 2.15. The topological polar surface area (TPSA) is 80.9 Å². The SMILES string of the molecule is Oc1cc2c(cc1O)CCc1cc(O)c(O)cc1CCc1ccccc1CC2. The third-order valence-corrected chi connectivity index (χ3v) is 5.70. The normalized spacial score (nSPS) is 14.1. The first-order valence-electron chi connectivity index (χ1n) is 9.65. The van der Waals surface area contributed by atoms with Crippen LogP contribution in [0, 0.1) is 0 Å². The molecule has 0 aliphatic heterocycles. The Morgan fingerprint density at radius 2 is 0.643 bits per heavy atom. The van der Waals surface area contributed by atoms with E-state index in [2.05, 4.69) is 12.1 Å². The van der Waals surface area contributed by atoms with Crippen LogP contribution in [-0.4, -0.2) is 20.4 Å². The fraction of sp³-hybridized carbons (Fsp3) is 0.250. The van der Waals surface area contributed by atoms with Crippen molar-refractivity contribution in [2.45, 2.75) is 38.5 Å². The first-order valence-corrected chi connectivity index (χ1v) is 9.65. The van der Waals surface area contributed by atoms with Crippen molar-refractivity contribution in [1.29, 1.82) is 0 Å². The first kappa shape index (κ1) is 18.2. The zero-order valence-corrected chi connectivity index (χ0v) is 15.7. The van der Waals surface area contributed by atoms with Crippen LogP contribution in [0.5, 0.6) is 23.0 Å². The molecule has 0 saturated carbocycles. The summed E-state index contributed by atoms with van der Waals surface area (Å²) in [5.41, 5.74) is 6.57. The van der Waals surface area contributed by atoms with Gasteiger partial charge >= 0.3 is 0 Å². The molecule has 0 heterocycles. The molecule has 0 radical (unpaired) electrons. The third-order valence-electron chi connectivity index (χ3n) is 5.70. The lowest BCUT2D eigenvalue weighted by molar-refractivity contribution is 0.402. The number of phenolic OH excluding ortho intramolecular Hbond substituents is 4. The van der Waals surface area contributed by atoms with Crippen LogP contribution >= 0.6 is 0 Å². The van der Waals surface area contributed by atoms with Gasteiger partial charge in [0, 0.05) is 0 Å². The molecule has 4 heteroatoms. The minimum atomic E-state index is -0.111. The number of hydrogen-bond donors (Lipinski definition) is 4. The van der Waals surface area contributed by atoms with Crippen LogP contribution in [0.15, 0.2) is 48.5 Å². The van der Waals surface area contributed by atoms with Gasteiger partial charge in [0.1, 0.15) is 0 Å². The largest absolute Gasteiger partial charge is 0.504 e. The van der Waals surface area contributed by atoms with Crippen molar-refractivity contribution in [2.75, 3.05) is 0 Å². The summed E-state index contributed by atoms with van der Waals surface area (Å²) in [5.74, 6) is -0.413. The quantitative estimate of drug-likeness (QED) is 0.444. The number of aryl methyl sites for hydroxylation is 6. The van der Waals surface area contributed by atoms with Crippen LogP contribution in [0.1, 0.15) is 33.4 Å². The summed E-state index contributed by atoms with van der Waals surface area (Å²) >= 11 is 0. The molecule has 4 nitrogen and oxygen atoms in total. The van der Waals surface area contributed by atoms with Crippen molar-refractivity contribution in [3.8, 4) is 23.0 Å². The summed E-state index contributed by atoms with van der Waals surface area (Å²) in [4.78, 5) is 0. The fourth-order valence-corrected chi connectivity index (χ4v) is 4.11. The van der Waals surface area contributed by atoms with Crippen LogP contribution in [0.2, 0.25) is 0 Å². The minimum absolute atomic E-state index is 0.0953. The van der Waals surface area contributed by atoms with Crippen molar-refractivity contribution in [3.63, 3.8) is 0 Å². The molecule has 0 unspecified atom stereocenters. The molecule has 144 valence electrons. The number of rotatable bonds is 0. The maximum absolute atomic E-state index is 9.97. The Bertz CT molecular complexity index is 941. The van der Waals surface area contributed by atoms with E-state index < -0.39 is 0 Å². The Morgan fingerprint density at radius 3 is 0.929 bits per heavy atom. The number of fused-ring (bicyclic) bond motifs is 3. The fourth-order valence-electron chi connectivity index (χ4n) is 4.11. The van der Waals surface area contributed by atoms with Crippen molar-refractivity contribution in [3.05, 3.63) is 81.9 Å². The van der Waals surface area contributed by atoms with Gasteiger partial charge in [0.15, 0.2) is 23.0 Å². The molecule has 3 aromatic rings. The van der Waals surface area contributed by atoms with E-state index in [1.165, 1.54) is 11.1 Å². The molecule has 1 aliphatic carbocycles. The predicted octanol–water partition coefficient (Wildman–Crippen LogP) is 4.18. The second kappa shape index (κ2) is 7.47. The van der Waals surface area contributed by atoms with Crippen LogP contribution in [-0.2, 0) is 38.5 Å². The monoisotopic (exact) mass is 376 g/mol. The zero-order valence-electron chi connectivity index (χ0n) is 15.7. The van der Waals surface area contributed by atoms with Gasteiger partial charge in [0.2, 0.25) is 0 Å². The molecule has 4 N–H and O–H groups in total. The lowest BCUT2D eigenvalue weighted by Gasteiger charge is -2.17. The highest BCUT2D eigenvalue weighted by atomic mass is 16.3. The first-order chi connectivity index (χ1) is 13.5. The summed E-state index contributed by atoms with van der Waals surface area (Å²) in [7, 11) is 0. The van der Waals surface area contributed by atoms with Crippen molar-refractivity contribution in [2.24, 2.45) is 0 Å². The van der Waals surface area contributed by atoms with Crippen LogP contribution in [0.3, 0.4) is 0 Å². The zero-order chi connectivity index (χ0) is 19.7. The van der Waals surface area contributed by atoms with Gasteiger partial charge in [-0.05, 0) is 96.2 Å². The smallest absolute Gasteiger partial charge is 0.157 e. The third kappa shape index (κ3) is 3.63. The molecule has 0 aromatic heterocycles. The molecule has 0 saturated heterocycles. The average Bonchev–Trinajstić information content (AvgIpc) is 2.68. The van der Waals surface area contributed by atoms with Gasteiger partial charge in [-0.2, -0.15) is 0 Å². The van der Waals surface area contributed by atoms with E-state index >= 15 is 0 Å². The van der Waals surface area contributed by atoms with Gasteiger partial charge < -0.3 is 20.4 Å². The summed E-state index contributed by atoms with van der Waals surface area (Å²) in [6.07, 6.45) is 4.66. The van der Waals surface area contributed by atoms with Gasteiger partial charge in [-0.1, -0.05) is 24.3 Å². The maximum atomic E-state index is 9.97. The molecule has 0 fully saturated rings. The lowest BCUT2D eigenvalue weighted by atomic mass is 9.88. The summed E-state index contributed by atoms with van der Waals surface area (Å²) in [5, 5.41) is 39.9. The van der Waals surface area contributed by atoms with E-state index in [4.69, 9.17) is 0 Å². The van der Waals surface area contributed by atoms with Crippen molar-refractivity contribution < 1.29 is 20.4 Å². The van der Waals surface area contributed by atoms with Gasteiger partial charge in [0.25, 0.3) is 0 Å². The molecular weight excluding hydrogens is 352 g/mol. The Labute approximate surface area is 164 Å². The predicted molar refractivity (Wildman–Crippen MR) is 108 cm³/mol. The molecule has 28 heavy (non-hydrogen) atoms. The van der Waals surface area contributed by atoms with Gasteiger partial charge in [0.05, 0.1) is 0 Å². The Hall–Kier alpha value is -3.14. The van der Waals surface area contributed by atoms with Gasteiger partial charge in [-0.15, -0.1) is 0 Å². The van der Waals surface area contributed by atoms with E-state index in [0.717, 1.165) is 47.9 Å². The molecule has 0 atom stereocenters. The second-order valence-electron chi connectivity index (χ2n) is 7.49. The average molecular weight is 376 g/mol. The standard InChI is InChI=1S/C24H24O4/c25-21-11-17-7-5-15-3-1-2-4-16(15)6-8-18-12-22(26)24(28)14-20(18)10-9-19(17)13-23(21)27/h1-4,11-14,25-28H,5-10H2. The number of benzene rings is 3. The van der Waals surface area contributed by atoms with E-state index in [1.807, 2.05) is 12.1 Å². The Kier molecular flexibility index (Phi) is 4.86. The van der Waals surface area contributed by atoms with Crippen LogP contribution in [0.4, 0.5) is 0 Å². The van der Waals surface area contributed by atoms with E-state index in [9.17, 15) is 20.4 Å². The highest BCUT2D eigenvalue weighted by Crippen LogP contribution is 2.33. The second-order valence-corrected chi connectivity index (χ2v) is 7.49. The van der Waals surface area contributed by atoms with Crippen LogP contribution in [0.25, 0.3) is 0 Å². The number of hydrogen-bond acceptors (Lipinski definition) is 4. The summed E-state index contributed by atoms with van der Waals surface area (Å²) in [6.45, 7) is 0. The molecular formula is C24H24O4. The Balaban J connectivity index is 1.80. The lowest BCUT2D eigenvalue weighted by Crippen LogP contribution is -2.06. The van der Waals surface area contributed by atoms with E-state index in [-0.39, 0.29) is 23.0 Å². The minimum Gasteiger partial charge on any atom is -0.504 e. The highest BCUT2D eigenvalue weighted by molar-refractivity contribution is 5.49. The van der Waals surface area contributed by atoms with Gasteiger partial charge in [-0.3, -0.25) is 0 Å². The number of phenols is 4. The molecule has 0 spiro atoms. The maximum Gasteiger partial charge on any atom is 0.157 e. The molecule has 3 aromatic carbocycles. The van der Waals surface area contributed by atoms with E-state index in [1.54, 1.807) is 24.3 Å². The molecule has 0 bridgehead atoms. The molecule has 4 rings (SSSR count). The number of aromatic hydroxyl groups is 4. The van der Waals surface area contributed by atoms with Crippen molar-refractivity contribution >= 4 is 0 Å². The molecule has 1 aliphatic rings. The summed E-state index contributed by atoms with van der Waals surface area (Å²) < 4.78 is 0. The molecule has 0 amide bonds. The van der Waals surface area contributed by atoms with Gasteiger partial charge in [-0.25, -0.2) is 0 Å². The van der Waals surface area contributed by atoms with Crippen molar-refractivity contribution in [1.82, 2.24) is 0 Å². The van der Waals surface area contributed by atoms with Crippen LogP contribution < -0.4 is 0 Å². The summed E-state index contributed by atoms with van der Waals surface area (Å²) in [6, 6.07) is 15.0.